The second-order valence-electron chi connectivity index (χ2n) is 8.32. The average molecular weight is 397 g/mol. The van der Waals surface area contributed by atoms with Crippen LogP contribution in [0.2, 0.25) is 0 Å². The molecule has 0 aliphatic carbocycles. The van der Waals surface area contributed by atoms with Crippen LogP contribution in [0, 0.1) is 0 Å². The number of ether oxygens (including phenoxy) is 1. The maximum atomic E-state index is 11.5. The van der Waals surface area contributed by atoms with Crippen LogP contribution >= 0.6 is 0 Å². The third-order valence-corrected chi connectivity index (χ3v) is 5.47. The molecule has 0 aromatic carbocycles. The molecule has 0 aromatic heterocycles. The largest absolute Gasteiger partial charge is 0.460 e. The van der Waals surface area contributed by atoms with Gasteiger partial charge in [0.2, 0.25) is 5.78 Å². The zero-order valence-electron chi connectivity index (χ0n) is 19.1. The van der Waals surface area contributed by atoms with Crippen molar-refractivity contribution in [2.75, 3.05) is 6.61 Å². The fourth-order valence-electron chi connectivity index (χ4n) is 3.53. The van der Waals surface area contributed by atoms with E-state index in [0.717, 1.165) is 32.1 Å². The number of unbranched alkanes of at least 4 members (excludes halogenated alkanes) is 17. The van der Waals surface area contributed by atoms with Gasteiger partial charge in [0.15, 0.2) is 0 Å². The Labute approximate surface area is 175 Å². The molecule has 0 fully saturated rings. The van der Waals surface area contributed by atoms with Crippen LogP contribution in [0.5, 0.6) is 0 Å². The smallest absolute Gasteiger partial charge is 0.374 e. The molecule has 0 radical (unpaired) electrons. The first kappa shape index (κ1) is 27.1. The van der Waals surface area contributed by atoms with Gasteiger partial charge in [0, 0.05) is 6.42 Å². The predicted molar refractivity (Wildman–Crippen MR) is 120 cm³/mol. The average Bonchev–Trinajstić information content (AvgIpc) is 2.70. The Bertz CT molecular complexity index is 352. The number of hydrogen-bond donors (Lipinski definition) is 0. The van der Waals surface area contributed by atoms with Crippen LogP contribution in [-0.4, -0.2) is 18.4 Å². The van der Waals surface area contributed by atoms with E-state index in [1.54, 1.807) is 0 Å². The van der Waals surface area contributed by atoms with Crippen molar-refractivity contribution in [1.82, 2.24) is 0 Å². The fourth-order valence-corrected chi connectivity index (χ4v) is 3.53. The van der Waals surface area contributed by atoms with E-state index in [1.807, 2.05) is 0 Å². The van der Waals surface area contributed by atoms with Crippen LogP contribution in [-0.2, 0) is 14.3 Å². The molecule has 0 rings (SSSR count). The predicted octanol–water partition coefficient (Wildman–Crippen LogP) is 7.94. The molecule has 0 spiro atoms. The van der Waals surface area contributed by atoms with Gasteiger partial charge in [-0.25, -0.2) is 4.79 Å². The SMILES string of the molecule is CCCCCCCCCCCCCCCCCCOC(=O)C(=O)CCCCC. The molecule has 0 aromatic rings. The van der Waals surface area contributed by atoms with Crippen LogP contribution < -0.4 is 0 Å². The molecule has 0 atom stereocenters. The molecule has 0 heterocycles. The lowest BCUT2D eigenvalue weighted by Gasteiger charge is -2.05. The second-order valence-corrected chi connectivity index (χ2v) is 8.32. The highest BCUT2D eigenvalue weighted by Gasteiger charge is 2.13. The van der Waals surface area contributed by atoms with Gasteiger partial charge in [0.05, 0.1) is 6.61 Å². The van der Waals surface area contributed by atoms with E-state index in [0.29, 0.717) is 13.0 Å². The Morgan fingerprint density at radius 1 is 0.500 bits per heavy atom. The topological polar surface area (TPSA) is 43.4 Å². The Kier molecular flexibility index (Phi) is 21.7. The number of carbonyl (C=O) groups excluding carboxylic acids is 2. The minimum Gasteiger partial charge on any atom is -0.460 e. The maximum absolute atomic E-state index is 11.5. The molecule has 0 aliphatic rings. The highest BCUT2D eigenvalue weighted by Crippen LogP contribution is 2.13. The van der Waals surface area contributed by atoms with E-state index < -0.39 is 5.97 Å². The number of esters is 1. The summed E-state index contributed by atoms with van der Waals surface area (Å²) in [5.74, 6) is -0.984. The monoisotopic (exact) mass is 396 g/mol. The van der Waals surface area contributed by atoms with Crippen LogP contribution in [0.1, 0.15) is 142 Å². The van der Waals surface area contributed by atoms with Gasteiger partial charge < -0.3 is 4.74 Å². The number of carbonyl (C=O) groups is 2. The van der Waals surface area contributed by atoms with E-state index in [4.69, 9.17) is 4.74 Å². The molecule has 0 amide bonds. The van der Waals surface area contributed by atoms with Gasteiger partial charge >= 0.3 is 5.97 Å². The molecule has 0 aliphatic heterocycles. The van der Waals surface area contributed by atoms with Crippen molar-refractivity contribution in [3.8, 4) is 0 Å². The molecule has 3 nitrogen and oxygen atoms in total. The summed E-state index contributed by atoms with van der Waals surface area (Å²) >= 11 is 0. The number of Topliss-reactive ketones (excluding diaryl/α,β-unsaturated/α-hetero) is 1. The van der Waals surface area contributed by atoms with Crippen LogP contribution in [0.25, 0.3) is 0 Å². The molecule has 0 saturated heterocycles. The first-order valence-electron chi connectivity index (χ1n) is 12.4. The lowest BCUT2D eigenvalue weighted by atomic mass is 10.0. The van der Waals surface area contributed by atoms with Gasteiger partial charge in [-0.05, 0) is 12.8 Å². The Morgan fingerprint density at radius 2 is 0.857 bits per heavy atom. The van der Waals surface area contributed by atoms with E-state index in [2.05, 4.69) is 13.8 Å². The van der Waals surface area contributed by atoms with Gasteiger partial charge in [-0.2, -0.15) is 0 Å². The van der Waals surface area contributed by atoms with Gasteiger partial charge in [-0.1, -0.05) is 123 Å². The van der Waals surface area contributed by atoms with Crippen molar-refractivity contribution in [3.63, 3.8) is 0 Å². The van der Waals surface area contributed by atoms with Crippen molar-refractivity contribution in [1.29, 1.82) is 0 Å². The molecule has 0 bridgehead atoms. The normalized spacial score (nSPS) is 10.9. The molecule has 0 unspecified atom stereocenters. The summed E-state index contributed by atoms with van der Waals surface area (Å²) in [4.78, 5) is 23.1. The van der Waals surface area contributed by atoms with Crippen molar-refractivity contribution in [2.45, 2.75) is 142 Å². The van der Waals surface area contributed by atoms with Gasteiger partial charge in [-0.3, -0.25) is 4.79 Å². The zero-order chi connectivity index (χ0) is 20.7. The molecule has 0 saturated carbocycles. The molecule has 3 heteroatoms. The number of ketones is 1. The van der Waals surface area contributed by atoms with Gasteiger partial charge in [-0.15, -0.1) is 0 Å². The summed E-state index contributed by atoms with van der Waals surface area (Å²) in [5, 5.41) is 0. The molecule has 166 valence electrons. The van der Waals surface area contributed by atoms with Crippen molar-refractivity contribution in [3.05, 3.63) is 0 Å². The summed E-state index contributed by atoms with van der Waals surface area (Å²) in [5.41, 5.74) is 0. The highest BCUT2D eigenvalue weighted by molar-refractivity contribution is 6.33. The molecule has 28 heavy (non-hydrogen) atoms. The third-order valence-electron chi connectivity index (χ3n) is 5.47. The maximum Gasteiger partial charge on any atom is 0.374 e. The summed E-state index contributed by atoms with van der Waals surface area (Å²) in [6.07, 6.45) is 24.4. The summed E-state index contributed by atoms with van der Waals surface area (Å²) in [7, 11) is 0. The second kappa shape index (κ2) is 22.4. The van der Waals surface area contributed by atoms with Crippen molar-refractivity contribution < 1.29 is 14.3 Å². The first-order valence-corrected chi connectivity index (χ1v) is 12.4. The Morgan fingerprint density at radius 3 is 1.29 bits per heavy atom. The molecule has 0 N–H and O–H groups in total. The molecular weight excluding hydrogens is 348 g/mol. The Balaban J connectivity index is 3.19. The quantitative estimate of drug-likeness (QED) is 0.106. The van der Waals surface area contributed by atoms with Gasteiger partial charge in [0.1, 0.15) is 0 Å². The standard InChI is InChI=1S/C25H48O3/c1-3-5-7-8-9-10-11-12-13-14-15-16-17-18-19-21-23-28-25(27)24(26)22-20-6-4-2/h3-23H2,1-2H3. The molecular formula is C25H48O3. The van der Waals surface area contributed by atoms with E-state index in [1.165, 1.54) is 89.9 Å². The lowest BCUT2D eigenvalue weighted by molar-refractivity contribution is -0.154. The van der Waals surface area contributed by atoms with Crippen LogP contribution in [0.3, 0.4) is 0 Å². The highest BCUT2D eigenvalue weighted by atomic mass is 16.5. The van der Waals surface area contributed by atoms with Crippen molar-refractivity contribution in [2.24, 2.45) is 0 Å². The van der Waals surface area contributed by atoms with Gasteiger partial charge in [0.25, 0.3) is 0 Å². The van der Waals surface area contributed by atoms with Crippen LogP contribution in [0.15, 0.2) is 0 Å². The number of hydrogen-bond acceptors (Lipinski definition) is 3. The summed E-state index contributed by atoms with van der Waals surface area (Å²) in [6, 6.07) is 0. The zero-order valence-corrected chi connectivity index (χ0v) is 19.1. The minimum absolute atomic E-state index is 0.339. The van der Waals surface area contributed by atoms with E-state index in [-0.39, 0.29) is 5.78 Å². The lowest BCUT2D eigenvalue weighted by Crippen LogP contribution is -2.17. The Hall–Kier alpha value is -0.860. The van der Waals surface area contributed by atoms with Crippen molar-refractivity contribution >= 4 is 11.8 Å². The number of rotatable bonds is 22. The van der Waals surface area contributed by atoms with E-state index in [9.17, 15) is 9.59 Å². The minimum atomic E-state index is -0.628. The third kappa shape index (κ3) is 19.9. The van der Waals surface area contributed by atoms with E-state index >= 15 is 0 Å². The summed E-state index contributed by atoms with van der Waals surface area (Å²) < 4.78 is 5.07. The fraction of sp³-hybridized carbons (Fsp3) is 0.920. The van der Waals surface area contributed by atoms with Crippen LogP contribution in [0.4, 0.5) is 0 Å². The first-order chi connectivity index (χ1) is 13.7. The summed E-state index contributed by atoms with van der Waals surface area (Å²) in [6.45, 7) is 4.76.